The Bertz CT molecular complexity index is 1070. The maximum absolute atomic E-state index is 12.9. The van der Waals surface area contributed by atoms with Crippen LogP contribution in [-0.4, -0.2) is 48.4 Å². The molecule has 1 fully saturated rings. The molecule has 0 saturated heterocycles. The smallest absolute Gasteiger partial charge is 0.419 e. The highest BCUT2D eigenvalue weighted by atomic mass is 19.4. The van der Waals surface area contributed by atoms with E-state index in [0.717, 1.165) is 22.3 Å². The van der Waals surface area contributed by atoms with Gasteiger partial charge in [-0.05, 0) is 35.1 Å². The zero-order chi connectivity index (χ0) is 24.5. The number of carboxylic acids is 1. The van der Waals surface area contributed by atoms with E-state index in [9.17, 15) is 27.6 Å². The van der Waals surface area contributed by atoms with Crippen LogP contribution >= 0.6 is 0 Å². The van der Waals surface area contributed by atoms with E-state index in [1.807, 2.05) is 48.5 Å². The number of hydrogen-bond acceptors (Lipinski definition) is 4. The average Bonchev–Trinajstić information content (AvgIpc) is 3.08. The second-order valence-corrected chi connectivity index (χ2v) is 8.60. The summed E-state index contributed by atoms with van der Waals surface area (Å²) in [5, 5.41) is 12.9. The number of alkyl carbamates (subject to hydrolysis) is 1. The van der Waals surface area contributed by atoms with Crippen LogP contribution in [0.3, 0.4) is 0 Å². The summed E-state index contributed by atoms with van der Waals surface area (Å²) in [7, 11) is 0. The number of amides is 2. The number of aliphatic carboxylic acids is 1. The van der Waals surface area contributed by atoms with Gasteiger partial charge < -0.3 is 20.5 Å². The molecule has 0 bridgehead atoms. The summed E-state index contributed by atoms with van der Waals surface area (Å²) in [6, 6.07) is 12.6. The Hall–Kier alpha value is -3.56. The van der Waals surface area contributed by atoms with Crippen LogP contribution in [0.25, 0.3) is 11.1 Å². The monoisotopic (exact) mass is 476 g/mol. The Morgan fingerprint density at radius 3 is 2.06 bits per heavy atom. The fourth-order valence-corrected chi connectivity index (χ4v) is 4.55. The molecule has 0 radical (unpaired) electrons. The van der Waals surface area contributed by atoms with Crippen LogP contribution in [0.5, 0.6) is 0 Å². The van der Waals surface area contributed by atoms with Crippen molar-refractivity contribution < 1.29 is 37.4 Å². The first kappa shape index (κ1) is 23.6. The van der Waals surface area contributed by atoms with Gasteiger partial charge in [0, 0.05) is 12.5 Å². The number of carboxylic acid groups (broad SMARTS) is 1. The number of nitrogens with one attached hydrogen (secondary N) is 2. The zero-order valence-corrected chi connectivity index (χ0v) is 18.0. The van der Waals surface area contributed by atoms with E-state index in [1.165, 1.54) is 0 Å². The molecule has 2 aliphatic rings. The second-order valence-electron chi connectivity index (χ2n) is 8.60. The molecule has 4 rings (SSSR count). The van der Waals surface area contributed by atoms with Gasteiger partial charge in [0.2, 0.25) is 11.9 Å². The van der Waals surface area contributed by atoms with Crippen molar-refractivity contribution in [1.29, 1.82) is 0 Å². The highest BCUT2D eigenvalue weighted by molar-refractivity contribution is 5.89. The van der Waals surface area contributed by atoms with Gasteiger partial charge in [0.25, 0.3) is 0 Å². The Labute approximate surface area is 193 Å². The SMILES string of the molecule is O=C(NCC1(C(=O)NC(C(=O)O)C(F)(F)F)CCC1)OCC1c2ccccc2-c2ccccc21. The first-order valence-electron chi connectivity index (χ1n) is 10.8. The molecule has 7 nitrogen and oxygen atoms in total. The van der Waals surface area contributed by atoms with Crippen molar-refractivity contribution in [3.8, 4) is 11.1 Å². The molecule has 1 saturated carbocycles. The highest BCUT2D eigenvalue weighted by Gasteiger charge is 2.51. The van der Waals surface area contributed by atoms with E-state index < -0.39 is 35.6 Å². The molecular formula is C24H23F3N2O5. The van der Waals surface area contributed by atoms with Crippen molar-refractivity contribution >= 4 is 18.0 Å². The fraction of sp³-hybridized carbons (Fsp3) is 0.375. The lowest BCUT2D eigenvalue weighted by Crippen LogP contribution is -2.59. The molecule has 0 aromatic heterocycles. The Balaban J connectivity index is 1.37. The molecule has 1 atom stereocenters. The minimum atomic E-state index is -5.13. The maximum atomic E-state index is 12.9. The number of benzene rings is 2. The zero-order valence-electron chi connectivity index (χ0n) is 18.0. The van der Waals surface area contributed by atoms with Gasteiger partial charge in [-0.15, -0.1) is 0 Å². The van der Waals surface area contributed by atoms with E-state index in [2.05, 4.69) is 5.32 Å². The standard InChI is InChI=1S/C24H23F3N2O5/c25-24(26,27)19(20(30)31)29-21(32)23(10-5-11-23)13-28-22(33)34-12-18-16-8-3-1-6-14(16)15-7-2-4-9-17(15)18/h1-4,6-9,18-19H,5,10-13H2,(H,28,33)(H,29,32)(H,30,31). The van der Waals surface area contributed by atoms with Gasteiger partial charge in [-0.1, -0.05) is 55.0 Å². The van der Waals surface area contributed by atoms with Crippen LogP contribution in [0.4, 0.5) is 18.0 Å². The third-order valence-electron chi connectivity index (χ3n) is 6.56. The van der Waals surface area contributed by atoms with Gasteiger partial charge >= 0.3 is 18.2 Å². The largest absolute Gasteiger partial charge is 0.479 e. The lowest BCUT2D eigenvalue weighted by atomic mass is 9.68. The van der Waals surface area contributed by atoms with Crippen molar-refractivity contribution in [3.05, 3.63) is 59.7 Å². The number of alkyl halides is 3. The lowest BCUT2D eigenvalue weighted by Gasteiger charge is -2.40. The Kier molecular flexibility index (Phi) is 6.24. The molecule has 180 valence electrons. The number of fused-ring (bicyclic) bond motifs is 3. The van der Waals surface area contributed by atoms with E-state index in [-0.39, 0.29) is 31.9 Å². The quantitative estimate of drug-likeness (QED) is 0.564. The fourth-order valence-electron chi connectivity index (χ4n) is 4.55. The van der Waals surface area contributed by atoms with Crippen LogP contribution in [0.2, 0.25) is 0 Å². The topological polar surface area (TPSA) is 105 Å². The van der Waals surface area contributed by atoms with Crippen LogP contribution < -0.4 is 10.6 Å². The van der Waals surface area contributed by atoms with Crippen molar-refractivity contribution in [3.63, 3.8) is 0 Å². The third-order valence-corrected chi connectivity index (χ3v) is 6.56. The molecule has 0 spiro atoms. The molecular weight excluding hydrogens is 453 g/mol. The van der Waals surface area contributed by atoms with E-state index in [0.29, 0.717) is 6.42 Å². The summed E-state index contributed by atoms with van der Waals surface area (Å²) < 4.78 is 44.2. The number of carbonyl (C=O) groups excluding carboxylic acids is 2. The van der Waals surface area contributed by atoms with Crippen molar-refractivity contribution in [1.82, 2.24) is 10.6 Å². The normalized spacial score (nSPS) is 17.0. The van der Waals surface area contributed by atoms with Gasteiger partial charge in [-0.3, -0.25) is 4.79 Å². The van der Waals surface area contributed by atoms with E-state index in [1.54, 1.807) is 5.32 Å². The first-order valence-corrected chi connectivity index (χ1v) is 10.8. The molecule has 3 N–H and O–H groups in total. The summed E-state index contributed by atoms with van der Waals surface area (Å²) >= 11 is 0. The van der Waals surface area contributed by atoms with Crippen LogP contribution in [-0.2, 0) is 14.3 Å². The molecule has 10 heteroatoms. The number of halogens is 3. The molecule has 2 aromatic rings. The highest BCUT2D eigenvalue weighted by Crippen LogP contribution is 2.44. The van der Waals surface area contributed by atoms with E-state index in [4.69, 9.17) is 9.84 Å². The van der Waals surface area contributed by atoms with Crippen LogP contribution in [0, 0.1) is 5.41 Å². The third kappa shape index (κ3) is 4.44. The number of hydrogen-bond donors (Lipinski definition) is 3. The van der Waals surface area contributed by atoms with Crippen molar-refractivity contribution in [2.45, 2.75) is 37.4 Å². The summed E-state index contributed by atoms with van der Waals surface area (Å²) in [5.74, 6) is -3.41. The van der Waals surface area contributed by atoms with Crippen molar-refractivity contribution in [2.24, 2.45) is 5.41 Å². The average molecular weight is 476 g/mol. The summed E-state index contributed by atoms with van der Waals surface area (Å²) in [6.45, 7) is -0.200. The predicted molar refractivity (Wildman–Crippen MR) is 115 cm³/mol. The molecule has 2 amide bonds. The van der Waals surface area contributed by atoms with Gasteiger partial charge in [0.15, 0.2) is 0 Å². The molecule has 0 heterocycles. The van der Waals surface area contributed by atoms with E-state index >= 15 is 0 Å². The molecule has 1 unspecified atom stereocenters. The predicted octanol–water partition coefficient (Wildman–Crippen LogP) is 3.83. The number of ether oxygens (including phenoxy) is 1. The molecule has 34 heavy (non-hydrogen) atoms. The van der Waals surface area contributed by atoms with Crippen LogP contribution in [0.1, 0.15) is 36.3 Å². The van der Waals surface area contributed by atoms with Gasteiger partial charge in [-0.25, -0.2) is 9.59 Å². The Morgan fingerprint density at radius 1 is 1.03 bits per heavy atom. The molecule has 0 aliphatic heterocycles. The van der Waals surface area contributed by atoms with Gasteiger partial charge in [-0.2, -0.15) is 13.2 Å². The van der Waals surface area contributed by atoms with Gasteiger partial charge in [0.05, 0.1) is 5.41 Å². The van der Waals surface area contributed by atoms with Crippen molar-refractivity contribution in [2.75, 3.05) is 13.2 Å². The summed E-state index contributed by atoms with van der Waals surface area (Å²) in [6.07, 6.45) is -4.90. The minimum absolute atomic E-state index is 0.0498. The van der Waals surface area contributed by atoms with Crippen LogP contribution in [0.15, 0.2) is 48.5 Å². The summed E-state index contributed by atoms with van der Waals surface area (Å²) in [5.41, 5.74) is 2.88. The first-order chi connectivity index (χ1) is 16.1. The maximum Gasteiger partial charge on any atom is 0.419 e. The lowest BCUT2D eigenvalue weighted by molar-refractivity contribution is -0.184. The number of carbonyl (C=O) groups is 3. The minimum Gasteiger partial charge on any atom is -0.479 e. The second kappa shape index (κ2) is 9.00. The molecule has 2 aromatic carbocycles. The summed E-state index contributed by atoms with van der Waals surface area (Å²) in [4.78, 5) is 35.8. The molecule has 2 aliphatic carbocycles. The number of rotatable bonds is 7. The van der Waals surface area contributed by atoms with Gasteiger partial charge in [0.1, 0.15) is 6.61 Å². The Morgan fingerprint density at radius 2 is 1.59 bits per heavy atom.